The number of hydrogen-bond donors (Lipinski definition) is 2. The zero-order valence-electron chi connectivity index (χ0n) is 13.4. The largest absolute Gasteiger partial charge is 0.301 e. The van der Waals surface area contributed by atoms with Crippen LogP contribution in [0.15, 0.2) is 35.4 Å². The number of rotatable bonds is 6. The summed E-state index contributed by atoms with van der Waals surface area (Å²) in [5, 5.41) is 2.97. The van der Waals surface area contributed by atoms with Crippen LogP contribution in [-0.4, -0.2) is 31.1 Å². The summed E-state index contributed by atoms with van der Waals surface area (Å²) in [7, 11) is -3.87. The molecule has 1 atom stereocenters. The van der Waals surface area contributed by atoms with E-state index in [0.717, 1.165) is 4.88 Å². The van der Waals surface area contributed by atoms with E-state index in [1.54, 1.807) is 6.20 Å². The van der Waals surface area contributed by atoms with Gasteiger partial charge in [0.05, 0.1) is 10.9 Å². The summed E-state index contributed by atoms with van der Waals surface area (Å²) >= 11 is 1.30. The van der Waals surface area contributed by atoms with Crippen molar-refractivity contribution in [3.05, 3.63) is 40.9 Å². The number of thiazole rings is 1. The molecule has 0 aliphatic carbocycles. The molecule has 7 nitrogen and oxygen atoms in total. The molecule has 2 N–H and O–H groups in total. The summed E-state index contributed by atoms with van der Waals surface area (Å²) in [6.07, 6.45) is 1.62. The van der Waals surface area contributed by atoms with Crippen molar-refractivity contribution in [2.75, 3.05) is 5.32 Å². The highest BCUT2D eigenvalue weighted by Gasteiger charge is 2.22. The van der Waals surface area contributed by atoms with Crippen molar-refractivity contribution in [1.29, 1.82) is 0 Å². The number of nitrogens with one attached hydrogen (secondary N) is 2. The number of hydrogen-bond acceptors (Lipinski definition) is 6. The molecule has 128 valence electrons. The minimum Gasteiger partial charge on any atom is -0.301 e. The SMILES string of the molecule is CC(=O)c1ccc(S(=O)(=O)N[C@@H](C)C(=O)Nc2ncc(C)s2)cc1. The van der Waals surface area contributed by atoms with E-state index in [0.29, 0.717) is 10.7 Å². The molecule has 2 rings (SSSR count). The van der Waals surface area contributed by atoms with Crippen LogP contribution in [0.5, 0.6) is 0 Å². The molecule has 0 fully saturated rings. The lowest BCUT2D eigenvalue weighted by molar-refractivity contribution is -0.117. The standard InChI is InChI=1S/C15H17N3O4S2/c1-9-8-16-15(23-9)17-14(20)10(2)18-24(21,22)13-6-4-12(5-7-13)11(3)19/h4-8,10,18H,1-3H3,(H,16,17,20)/t10-/m0/s1. The first-order valence-corrected chi connectivity index (χ1v) is 9.35. The second-order valence-electron chi connectivity index (χ2n) is 5.19. The van der Waals surface area contributed by atoms with E-state index in [-0.39, 0.29) is 10.7 Å². The Bertz CT molecular complexity index is 857. The fourth-order valence-electron chi connectivity index (χ4n) is 1.85. The molecule has 0 saturated heterocycles. The van der Waals surface area contributed by atoms with Crippen LogP contribution in [0.4, 0.5) is 5.13 Å². The predicted octanol–water partition coefficient (Wildman–Crippen LogP) is 1.96. The van der Waals surface area contributed by atoms with Gasteiger partial charge in [0.1, 0.15) is 0 Å². The molecule has 0 bridgehead atoms. The molecule has 1 heterocycles. The zero-order valence-corrected chi connectivity index (χ0v) is 15.0. The van der Waals surface area contributed by atoms with E-state index in [9.17, 15) is 18.0 Å². The van der Waals surface area contributed by atoms with Crippen LogP contribution in [0.25, 0.3) is 0 Å². The Morgan fingerprint density at radius 1 is 1.21 bits per heavy atom. The van der Waals surface area contributed by atoms with E-state index >= 15 is 0 Å². The highest BCUT2D eigenvalue weighted by atomic mass is 32.2. The average Bonchev–Trinajstić information content (AvgIpc) is 2.92. The molecule has 24 heavy (non-hydrogen) atoms. The molecule has 0 spiro atoms. The Balaban J connectivity index is 2.07. The molecule has 0 aliphatic rings. The van der Waals surface area contributed by atoms with Gasteiger partial charge in [0, 0.05) is 16.6 Å². The first kappa shape index (κ1) is 18.2. The third-order valence-electron chi connectivity index (χ3n) is 3.15. The molecule has 0 aliphatic heterocycles. The Hall–Kier alpha value is -2.10. The van der Waals surface area contributed by atoms with Gasteiger partial charge in [-0.2, -0.15) is 4.72 Å². The van der Waals surface area contributed by atoms with Gasteiger partial charge in [-0.25, -0.2) is 13.4 Å². The second kappa shape index (κ2) is 7.20. The van der Waals surface area contributed by atoms with E-state index in [1.165, 1.54) is 49.4 Å². The first-order valence-electron chi connectivity index (χ1n) is 7.05. The smallest absolute Gasteiger partial charge is 0.244 e. The predicted molar refractivity (Wildman–Crippen MR) is 91.7 cm³/mol. The number of nitrogens with zero attached hydrogens (tertiary/aromatic N) is 1. The fourth-order valence-corrected chi connectivity index (χ4v) is 3.72. The number of carbonyl (C=O) groups excluding carboxylic acids is 2. The van der Waals surface area contributed by atoms with Gasteiger partial charge in [-0.1, -0.05) is 12.1 Å². The monoisotopic (exact) mass is 367 g/mol. The van der Waals surface area contributed by atoms with Crippen LogP contribution in [-0.2, 0) is 14.8 Å². The van der Waals surface area contributed by atoms with Gasteiger partial charge in [-0.05, 0) is 32.9 Å². The molecule has 1 aromatic carbocycles. The molecule has 0 radical (unpaired) electrons. The summed E-state index contributed by atoms with van der Waals surface area (Å²) < 4.78 is 26.9. The van der Waals surface area contributed by atoms with Crippen LogP contribution >= 0.6 is 11.3 Å². The maximum absolute atomic E-state index is 12.3. The van der Waals surface area contributed by atoms with E-state index in [4.69, 9.17) is 0 Å². The summed E-state index contributed by atoms with van der Waals surface area (Å²) in [5.41, 5.74) is 0.416. The number of Topliss-reactive ketones (excluding diaryl/α,β-unsaturated/α-hetero) is 1. The lowest BCUT2D eigenvalue weighted by atomic mass is 10.2. The lowest BCUT2D eigenvalue weighted by Crippen LogP contribution is -2.41. The molecular formula is C15H17N3O4S2. The topological polar surface area (TPSA) is 105 Å². The van der Waals surface area contributed by atoms with Crippen molar-refractivity contribution >= 4 is 38.2 Å². The van der Waals surface area contributed by atoms with Gasteiger partial charge in [-0.3, -0.25) is 9.59 Å². The van der Waals surface area contributed by atoms with Gasteiger partial charge in [-0.15, -0.1) is 11.3 Å². The number of aromatic nitrogens is 1. The van der Waals surface area contributed by atoms with Crippen molar-refractivity contribution in [1.82, 2.24) is 9.71 Å². The van der Waals surface area contributed by atoms with Gasteiger partial charge < -0.3 is 5.32 Å². The maximum atomic E-state index is 12.3. The number of anilines is 1. The van der Waals surface area contributed by atoms with Crippen LogP contribution < -0.4 is 10.0 Å². The normalized spacial score (nSPS) is 12.6. The van der Waals surface area contributed by atoms with E-state index in [1.807, 2.05) is 6.92 Å². The van der Waals surface area contributed by atoms with Crippen molar-refractivity contribution in [2.45, 2.75) is 31.7 Å². The maximum Gasteiger partial charge on any atom is 0.244 e. The number of sulfonamides is 1. The van der Waals surface area contributed by atoms with Gasteiger partial charge >= 0.3 is 0 Å². The second-order valence-corrected chi connectivity index (χ2v) is 8.14. The molecule has 1 aromatic heterocycles. The van der Waals surface area contributed by atoms with Crippen molar-refractivity contribution < 1.29 is 18.0 Å². The van der Waals surface area contributed by atoms with Gasteiger partial charge in [0.25, 0.3) is 0 Å². The van der Waals surface area contributed by atoms with Crippen LogP contribution in [0.1, 0.15) is 29.1 Å². The number of ketones is 1. The van der Waals surface area contributed by atoms with E-state index in [2.05, 4.69) is 15.0 Å². The molecule has 9 heteroatoms. The number of aryl methyl sites for hydroxylation is 1. The summed E-state index contributed by atoms with van der Waals surface area (Å²) in [6, 6.07) is 4.54. The van der Waals surface area contributed by atoms with Crippen LogP contribution in [0, 0.1) is 6.92 Å². The third kappa shape index (κ3) is 4.47. The Kier molecular flexibility index (Phi) is 5.47. The minimum absolute atomic E-state index is 0.0164. The molecule has 2 aromatic rings. The summed E-state index contributed by atoms with van der Waals surface area (Å²) in [6.45, 7) is 4.69. The number of amides is 1. The minimum atomic E-state index is -3.87. The van der Waals surface area contributed by atoms with Crippen molar-refractivity contribution in [2.24, 2.45) is 0 Å². The van der Waals surface area contributed by atoms with Crippen molar-refractivity contribution in [3.63, 3.8) is 0 Å². The van der Waals surface area contributed by atoms with Crippen LogP contribution in [0.2, 0.25) is 0 Å². The van der Waals surface area contributed by atoms with Gasteiger partial charge in [0.15, 0.2) is 10.9 Å². The molecule has 0 saturated carbocycles. The third-order valence-corrected chi connectivity index (χ3v) is 5.53. The molecular weight excluding hydrogens is 350 g/mol. The molecule has 1 amide bonds. The highest BCUT2D eigenvalue weighted by molar-refractivity contribution is 7.89. The Labute approximate surface area is 144 Å². The van der Waals surface area contributed by atoms with Gasteiger partial charge in [0.2, 0.25) is 15.9 Å². The Morgan fingerprint density at radius 2 is 1.83 bits per heavy atom. The first-order chi connectivity index (χ1) is 11.2. The Morgan fingerprint density at radius 3 is 2.33 bits per heavy atom. The quantitative estimate of drug-likeness (QED) is 0.759. The van der Waals surface area contributed by atoms with Crippen molar-refractivity contribution in [3.8, 4) is 0 Å². The summed E-state index contributed by atoms with van der Waals surface area (Å²) in [4.78, 5) is 28.2. The average molecular weight is 367 g/mol. The number of benzene rings is 1. The van der Waals surface area contributed by atoms with Crippen LogP contribution in [0.3, 0.4) is 0 Å². The zero-order chi connectivity index (χ0) is 17.9. The van der Waals surface area contributed by atoms with E-state index < -0.39 is 22.0 Å². The number of carbonyl (C=O) groups is 2. The summed E-state index contributed by atoms with van der Waals surface area (Å²) in [5.74, 6) is -0.660. The lowest BCUT2D eigenvalue weighted by Gasteiger charge is -2.13. The highest BCUT2D eigenvalue weighted by Crippen LogP contribution is 2.17. The molecule has 0 unspecified atom stereocenters. The fraction of sp³-hybridized carbons (Fsp3) is 0.267.